The summed E-state index contributed by atoms with van der Waals surface area (Å²) in [5.74, 6) is 1.85. The molecule has 4 aromatic rings. The molecule has 0 atom stereocenters. The molecule has 150 valence electrons. The van der Waals surface area contributed by atoms with Crippen molar-refractivity contribution in [3.05, 3.63) is 61.1 Å². The van der Waals surface area contributed by atoms with Gasteiger partial charge in [0, 0.05) is 17.3 Å². The maximum Gasteiger partial charge on any atom is 0.227 e. The van der Waals surface area contributed by atoms with Gasteiger partial charge in [0.15, 0.2) is 0 Å². The molecule has 1 aliphatic rings. The lowest BCUT2D eigenvalue weighted by Gasteiger charge is -2.11. The first-order chi connectivity index (χ1) is 14.9. The molecule has 0 amide bonds. The predicted octanol–water partition coefficient (Wildman–Crippen LogP) is 4.81. The fourth-order valence-corrected chi connectivity index (χ4v) is 3.40. The molecule has 0 aliphatic carbocycles. The lowest BCUT2D eigenvalue weighted by atomic mass is 10.2. The Kier molecular flexibility index (Phi) is 5.08. The minimum Gasteiger partial charge on any atom is -0.491 e. The van der Waals surface area contributed by atoms with Crippen LogP contribution in [0.5, 0.6) is 11.6 Å². The number of fused-ring (bicyclic) bond motifs is 2. The van der Waals surface area contributed by atoms with E-state index in [2.05, 4.69) is 32.4 Å². The molecular weight excluding hydrogens is 378 g/mol. The summed E-state index contributed by atoms with van der Waals surface area (Å²) in [5.41, 5.74) is 2.45. The van der Waals surface area contributed by atoms with E-state index in [1.165, 1.54) is 6.33 Å². The van der Waals surface area contributed by atoms with Gasteiger partial charge in [-0.2, -0.15) is 0 Å². The zero-order valence-corrected chi connectivity index (χ0v) is 16.4. The summed E-state index contributed by atoms with van der Waals surface area (Å²) in [5, 5.41) is 5.06. The molecule has 1 aliphatic heterocycles. The maximum absolute atomic E-state index is 6.01. The van der Waals surface area contributed by atoms with E-state index in [1.807, 2.05) is 36.4 Å². The molecule has 0 saturated carbocycles. The number of rotatable bonds is 0. The summed E-state index contributed by atoms with van der Waals surface area (Å²) >= 11 is 0. The van der Waals surface area contributed by atoms with E-state index < -0.39 is 0 Å². The number of allylic oxidation sites excluding steroid dienone is 1. The molecule has 30 heavy (non-hydrogen) atoms. The summed E-state index contributed by atoms with van der Waals surface area (Å²) in [4.78, 5) is 17.8. The number of nitrogens with zero attached hydrogens (tertiary/aromatic N) is 4. The highest BCUT2D eigenvalue weighted by molar-refractivity contribution is 5.88. The van der Waals surface area contributed by atoms with Gasteiger partial charge in [-0.1, -0.05) is 24.3 Å². The summed E-state index contributed by atoms with van der Waals surface area (Å²) in [7, 11) is 0. The number of anilines is 2. The van der Waals surface area contributed by atoms with Crippen molar-refractivity contribution < 1.29 is 9.47 Å². The Morgan fingerprint density at radius 1 is 0.900 bits per heavy atom. The monoisotopic (exact) mass is 399 g/mol. The largest absolute Gasteiger partial charge is 0.491 e. The molecule has 3 heterocycles. The normalized spacial score (nSPS) is 15.7. The van der Waals surface area contributed by atoms with Crippen LogP contribution in [-0.4, -0.2) is 33.1 Å². The van der Waals surface area contributed by atoms with Crippen molar-refractivity contribution in [2.45, 2.75) is 19.3 Å². The van der Waals surface area contributed by atoms with Gasteiger partial charge in [-0.15, -0.1) is 0 Å². The van der Waals surface area contributed by atoms with Crippen LogP contribution in [0.4, 0.5) is 11.6 Å². The second-order valence-corrected chi connectivity index (χ2v) is 7.02. The Balaban J connectivity index is 1.56. The molecule has 2 aromatic carbocycles. The van der Waals surface area contributed by atoms with Crippen LogP contribution in [0.25, 0.3) is 21.8 Å². The molecule has 0 radical (unpaired) electrons. The quantitative estimate of drug-likeness (QED) is 0.425. The summed E-state index contributed by atoms with van der Waals surface area (Å²) in [6.45, 7) is 1.19. The first kappa shape index (κ1) is 18.3. The SMILES string of the molecule is C1=C\CCOc2ncnc3ccc(cc23)Nc2ncc3cccc(c3n2)OCCC/1. The molecule has 2 aromatic heterocycles. The molecule has 0 spiro atoms. The van der Waals surface area contributed by atoms with E-state index >= 15 is 0 Å². The van der Waals surface area contributed by atoms with Crippen molar-refractivity contribution in [1.82, 2.24) is 19.9 Å². The van der Waals surface area contributed by atoms with Gasteiger partial charge in [0.1, 0.15) is 17.6 Å². The number of para-hydroxylation sites is 1. The van der Waals surface area contributed by atoms with Crippen molar-refractivity contribution >= 4 is 33.4 Å². The van der Waals surface area contributed by atoms with E-state index in [9.17, 15) is 0 Å². The van der Waals surface area contributed by atoms with Gasteiger partial charge in [0.05, 0.1) is 24.1 Å². The van der Waals surface area contributed by atoms with Crippen molar-refractivity contribution in [3.8, 4) is 11.6 Å². The molecule has 1 N–H and O–H groups in total. The van der Waals surface area contributed by atoms with Gasteiger partial charge >= 0.3 is 0 Å². The molecule has 7 heteroatoms. The Bertz CT molecular complexity index is 1220. The molecule has 7 nitrogen and oxygen atoms in total. The zero-order chi connectivity index (χ0) is 20.2. The fourth-order valence-electron chi connectivity index (χ4n) is 3.40. The van der Waals surface area contributed by atoms with Gasteiger partial charge < -0.3 is 14.8 Å². The van der Waals surface area contributed by atoms with E-state index in [0.29, 0.717) is 25.0 Å². The highest BCUT2D eigenvalue weighted by Crippen LogP contribution is 2.28. The Labute approximate surface area is 173 Å². The molecule has 0 saturated heterocycles. The average molecular weight is 399 g/mol. The van der Waals surface area contributed by atoms with Crippen molar-refractivity contribution in [2.24, 2.45) is 0 Å². The fraction of sp³-hybridized carbons (Fsp3) is 0.217. The van der Waals surface area contributed by atoms with Gasteiger partial charge in [-0.05, 0) is 43.5 Å². The number of hydrogen-bond donors (Lipinski definition) is 1. The number of aromatic nitrogens is 4. The van der Waals surface area contributed by atoms with E-state index in [1.54, 1.807) is 6.20 Å². The summed E-state index contributed by atoms with van der Waals surface area (Å²) < 4.78 is 11.9. The van der Waals surface area contributed by atoms with E-state index in [-0.39, 0.29) is 0 Å². The van der Waals surface area contributed by atoms with Crippen LogP contribution in [0.15, 0.2) is 61.1 Å². The average Bonchev–Trinajstić information content (AvgIpc) is 2.78. The Hall–Kier alpha value is -3.74. The van der Waals surface area contributed by atoms with Crippen LogP contribution in [0.1, 0.15) is 19.3 Å². The van der Waals surface area contributed by atoms with E-state index in [0.717, 1.165) is 52.5 Å². The van der Waals surface area contributed by atoms with Crippen LogP contribution in [-0.2, 0) is 0 Å². The van der Waals surface area contributed by atoms with Crippen LogP contribution >= 0.6 is 0 Å². The van der Waals surface area contributed by atoms with E-state index in [4.69, 9.17) is 14.5 Å². The molecule has 5 rings (SSSR count). The second-order valence-electron chi connectivity index (χ2n) is 7.02. The smallest absolute Gasteiger partial charge is 0.227 e. The minimum absolute atomic E-state index is 0.501. The third-order valence-corrected chi connectivity index (χ3v) is 4.89. The van der Waals surface area contributed by atoms with Gasteiger partial charge in [-0.3, -0.25) is 0 Å². The van der Waals surface area contributed by atoms with Gasteiger partial charge in [0.2, 0.25) is 11.8 Å². The standard InChI is InChI=1S/C23H21N5O2/c1-2-4-11-29-20-8-6-7-16-14-24-23(28-21(16)20)27-17-9-10-19-18(13-17)22(26-15-25-19)30-12-5-3-1/h1,3,6-10,13-15H,2,4-5,11-12H2,(H,24,27,28)/b3-1-. The third-order valence-electron chi connectivity index (χ3n) is 4.89. The topological polar surface area (TPSA) is 82.1 Å². The highest BCUT2D eigenvalue weighted by atomic mass is 16.5. The summed E-state index contributed by atoms with van der Waals surface area (Å²) in [6.07, 6.45) is 10.3. The second kappa shape index (κ2) is 8.32. The number of ether oxygens (including phenoxy) is 2. The Morgan fingerprint density at radius 3 is 2.87 bits per heavy atom. The van der Waals surface area contributed by atoms with Gasteiger partial charge in [0.25, 0.3) is 0 Å². The molecular formula is C23H21N5O2. The van der Waals surface area contributed by atoms with Crippen molar-refractivity contribution in [1.29, 1.82) is 0 Å². The first-order valence-corrected chi connectivity index (χ1v) is 10.0. The van der Waals surface area contributed by atoms with Crippen LogP contribution < -0.4 is 14.8 Å². The van der Waals surface area contributed by atoms with Gasteiger partial charge in [-0.25, -0.2) is 19.9 Å². The lowest BCUT2D eigenvalue weighted by Crippen LogP contribution is -2.02. The highest BCUT2D eigenvalue weighted by Gasteiger charge is 2.09. The predicted molar refractivity (Wildman–Crippen MR) is 116 cm³/mol. The minimum atomic E-state index is 0.501. The molecule has 0 fully saturated rings. The van der Waals surface area contributed by atoms with Crippen LogP contribution in [0.3, 0.4) is 0 Å². The Morgan fingerprint density at radius 2 is 1.87 bits per heavy atom. The first-order valence-electron chi connectivity index (χ1n) is 10.0. The maximum atomic E-state index is 6.01. The third kappa shape index (κ3) is 3.87. The van der Waals surface area contributed by atoms with Crippen molar-refractivity contribution in [3.63, 3.8) is 0 Å². The molecule has 0 unspecified atom stereocenters. The number of nitrogens with one attached hydrogen (secondary N) is 1. The van der Waals surface area contributed by atoms with Crippen LogP contribution in [0, 0.1) is 0 Å². The number of hydrogen-bond acceptors (Lipinski definition) is 7. The number of benzene rings is 2. The molecule has 4 bridgehead atoms. The zero-order valence-electron chi connectivity index (χ0n) is 16.4. The lowest BCUT2D eigenvalue weighted by molar-refractivity contribution is 0.313. The van der Waals surface area contributed by atoms with Crippen LogP contribution in [0.2, 0.25) is 0 Å². The summed E-state index contributed by atoms with van der Waals surface area (Å²) in [6, 6.07) is 11.7. The van der Waals surface area contributed by atoms with Crippen molar-refractivity contribution in [2.75, 3.05) is 18.5 Å².